The topological polar surface area (TPSA) is 32.9 Å². The molecule has 0 aromatic carbocycles. The van der Waals surface area contributed by atoms with Gasteiger partial charge in [-0.05, 0) is 17.9 Å². The van der Waals surface area contributed by atoms with E-state index in [0.29, 0.717) is 0 Å². The SMILES string of the molecule is CCSc1ccc[nH]c1=O. The van der Waals surface area contributed by atoms with Crippen LogP contribution < -0.4 is 5.56 Å². The number of hydrogen-bond donors (Lipinski definition) is 1. The predicted molar refractivity (Wildman–Crippen MR) is 43.5 cm³/mol. The molecule has 0 bridgehead atoms. The molecule has 10 heavy (non-hydrogen) atoms. The maximum absolute atomic E-state index is 10.9. The van der Waals surface area contributed by atoms with Crippen molar-refractivity contribution in [3.8, 4) is 0 Å². The van der Waals surface area contributed by atoms with E-state index in [1.165, 1.54) is 0 Å². The average Bonchev–Trinajstić information content (AvgIpc) is 1.94. The van der Waals surface area contributed by atoms with Crippen molar-refractivity contribution in [2.45, 2.75) is 11.8 Å². The molecular formula is C7H9NOS. The first kappa shape index (κ1) is 7.41. The van der Waals surface area contributed by atoms with Gasteiger partial charge in [0.2, 0.25) is 0 Å². The third-order valence-electron chi connectivity index (χ3n) is 1.08. The van der Waals surface area contributed by atoms with Crippen molar-refractivity contribution in [2.75, 3.05) is 5.75 Å². The summed E-state index contributed by atoms with van der Waals surface area (Å²) in [5, 5.41) is 0. The van der Waals surface area contributed by atoms with Crippen molar-refractivity contribution < 1.29 is 0 Å². The molecule has 3 heteroatoms. The second-order valence-electron chi connectivity index (χ2n) is 1.80. The Morgan fingerprint density at radius 1 is 1.70 bits per heavy atom. The lowest BCUT2D eigenvalue weighted by Crippen LogP contribution is -2.05. The second-order valence-corrected chi connectivity index (χ2v) is 3.10. The van der Waals surface area contributed by atoms with Gasteiger partial charge >= 0.3 is 0 Å². The molecule has 0 aliphatic rings. The number of aromatic amines is 1. The molecule has 1 rings (SSSR count). The lowest BCUT2D eigenvalue weighted by molar-refractivity contribution is 1.14. The molecule has 54 valence electrons. The van der Waals surface area contributed by atoms with Gasteiger partial charge < -0.3 is 4.98 Å². The van der Waals surface area contributed by atoms with Crippen molar-refractivity contribution in [1.29, 1.82) is 0 Å². The zero-order chi connectivity index (χ0) is 7.40. The van der Waals surface area contributed by atoms with Gasteiger partial charge in [0.05, 0.1) is 4.90 Å². The van der Waals surface area contributed by atoms with Gasteiger partial charge in [-0.25, -0.2) is 0 Å². The summed E-state index contributed by atoms with van der Waals surface area (Å²) in [5.41, 5.74) is 0.00866. The van der Waals surface area contributed by atoms with Crippen LogP contribution in [0.4, 0.5) is 0 Å². The van der Waals surface area contributed by atoms with E-state index in [9.17, 15) is 4.79 Å². The van der Waals surface area contributed by atoms with E-state index >= 15 is 0 Å². The molecule has 2 nitrogen and oxygen atoms in total. The first-order valence-corrected chi connectivity index (χ1v) is 4.13. The first-order chi connectivity index (χ1) is 4.84. The summed E-state index contributed by atoms with van der Waals surface area (Å²) in [6, 6.07) is 3.66. The monoisotopic (exact) mass is 155 g/mol. The number of aromatic nitrogens is 1. The smallest absolute Gasteiger partial charge is 0.261 e. The Hall–Kier alpha value is -0.700. The molecule has 1 aromatic heterocycles. The fraction of sp³-hybridized carbons (Fsp3) is 0.286. The van der Waals surface area contributed by atoms with Crippen LogP contribution in [-0.2, 0) is 0 Å². The van der Waals surface area contributed by atoms with Crippen LogP contribution >= 0.6 is 11.8 Å². The highest BCUT2D eigenvalue weighted by molar-refractivity contribution is 7.99. The summed E-state index contributed by atoms with van der Waals surface area (Å²) in [7, 11) is 0. The maximum Gasteiger partial charge on any atom is 0.261 e. The molecular weight excluding hydrogens is 146 g/mol. The van der Waals surface area contributed by atoms with Crippen LogP contribution in [0.3, 0.4) is 0 Å². The number of H-pyrrole nitrogens is 1. The fourth-order valence-corrected chi connectivity index (χ4v) is 1.35. The third-order valence-corrected chi connectivity index (χ3v) is 2.00. The maximum atomic E-state index is 10.9. The highest BCUT2D eigenvalue weighted by Crippen LogP contribution is 2.09. The molecule has 1 aromatic rings. The van der Waals surface area contributed by atoms with Gasteiger partial charge in [-0.3, -0.25) is 4.79 Å². The Bertz CT molecular complexity index is 256. The van der Waals surface area contributed by atoms with Crippen molar-refractivity contribution >= 4 is 11.8 Å². The molecule has 0 atom stereocenters. The number of rotatable bonds is 2. The molecule has 0 aliphatic heterocycles. The van der Waals surface area contributed by atoms with E-state index in [-0.39, 0.29) is 5.56 Å². The van der Waals surface area contributed by atoms with Crippen molar-refractivity contribution in [3.63, 3.8) is 0 Å². The lowest BCUT2D eigenvalue weighted by atomic mass is 10.5. The molecule has 0 amide bonds. The summed E-state index contributed by atoms with van der Waals surface area (Å²) in [5.74, 6) is 0.938. The molecule has 0 fully saturated rings. The summed E-state index contributed by atoms with van der Waals surface area (Å²) < 4.78 is 0. The van der Waals surface area contributed by atoms with Crippen molar-refractivity contribution in [1.82, 2.24) is 4.98 Å². The normalized spacial score (nSPS) is 9.70. The van der Waals surface area contributed by atoms with Gasteiger partial charge in [-0.1, -0.05) is 6.92 Å². The molecule has 0 saturated heterocycles. The minimum atomic E-state index is 0.00866. The summed E-state index contributed by atoms with van der Waals surface area (Å²) >= 11 is 1.56. The number of hydrogen-bond acceptors (Lipinski definition) is 2. The van der Waals surface area contributed by atoms with Crippen LogP contribution in [0.5, 0.6) is 0 Å². The van der Waals surface area contributed by atoms with E-state index in [0.717, 1.165) is 10.6 Å². The molecule has 0 unspecified atom stereocenters. The average molecular weight is 155 g/mol. The van der Waals surface area contributed by atoms with E-state index in [1.54, 1.807) is 18.0 Å². The largest absolute Gasteiger partial charge is 0.328 e. The van der Waals surface area contributed by atoms with Gasteiger partial charge in [0.15, 0.2) is 0 Å². The summed E-state index contributed by atoms with van der Waals surface area (Å²) in [6.07, 6.45) is 1.64. The quantitative estimate of drug-likeness (QED) is 0.656. The predicted octanol–water partition coefficient (Wildman–Crippen LogP) is 1.49. The zero-order valence-electron chi connectivity index (χ0n) is 5.76. The van der Waals surface area contributed by atoms with Gasteiger partial charge in [0.1, 0.15) is 0 Å². The Kier molecular flexibility index (Phi) is 2.57. The van der Waals surface area contributed by atoms with Crippen LogP contribution in [0.2, 0.25) is 0 Å². The number of thioether (sulfide) groups is 1. The van der Waals surface area contributed by atoms with E-state index < -0.39 is 0 Å². The Morgan fingerprint density at radius 3 is 3.10 bits per heavy atom. The number of nitrogens with one attached hydrogen (secondary N) is 1. The van der Waals surface area contributed by atoms with Crippen LogP contribution in [-0.4, -0.2) is 10.7 Å². The Labute approximate surface area is 63.7 Å². The fourth-order valence-electron chi connectivity index (χ4n) is 0.675. The van der Waals surface area contributed by atoms with Crippen LogP contribution in [0.25, 0.3) is 0 Å². The van der Waals surface area contributed by atoms with Gasteiger partial charge in [0, 0.05) is 6.20 Å². The third kappa shape index (κ3) is 1.64. The van der Waals surface area contributed by atoms with Crippen LogP contribution in [0, 0.1) is 0 Å². The molecule has 0 spiro atoms. The van der Waals surface area contributed by atoms with Gasteiger partial charge in [-0.15, -0.1) is 11.8 Å². The Morgan fingerprint density at radius 2 is 2.50 bits per heavy atom. The molecule has 1 N–H and O–H groups in total. The van der Waals surface area contributed by atoms with Gasteiger partial charge in [-0.2, -0.15) is 0 Å². The molecule has 0 radical (unpaired) electrons. The minimum absolute atomic E-state index is 0.00866. The summed E-state index contributed by atoms with van der Waals surface area (Å²) in [6.45, 7) is 2.02. The Balaban J connectivity index is 2.92. The molecule has 0 saturated carbocycles. The van der Waals surface area contributed by atoms with Crippen molar-refractivity contribution in [2.24, 2.45) is 0 Å². The highest BCUT2D eigenvalue weighted by atomic mass is 32.2. The standard InChI is InChI=1S/C7H9NOS/c1-2-10-6-4-3-5-8-7(6)9/h3-5H,2H2,1H3,(H,8,9). The molecule has 0 aliphatic carbocycles. The van der Waals surface area contributed by atoms with E-state index in [1.807, 2.05) is 19.1 Å². The molecule has 1 heterocycles. The van der Waals surface area contributed by atoms with E-state index in [2.05, 4.69) is 4.98 Å². The van der Waals surface area contributed by atoms with Crippen LogP contribution in [0.1, 0.15) is 6.92 Å². The second kappa shape index (κ2) is 3.46. The highest BCUT2D eigenvalue weighted by Gasteiger charge is 1.93. The number of pyridine rings is 1. The first-order valence-electron chi connectivity index (χ1n) is 3.15. The lowest BCUT2D eigenvalue weighted by Gasteiger charge is -1.92. The van der Waals surface area contributed by atoms with Crippen LogP contribution in [0.15, 0.2) is 28.0 Å². The van der Waals surface area contributed by atoms with Gasteiger partial charge in [0.25, 0.3) is 5.56 Å². The zero-order valence-corrected chi connectivity index (χ0v) is 6.57. The van der Waals surface area contributed by atoms with Crippen molar-refractivity contribution in [3.05, 3.63) is 28.7 Å². The minimum Gasteiger partial charge on any atom is -0.328 e. The summed E-state index contributed by atoms with van der Waals surface area (Å²) in [4.78, 5) is 14.3. The van der Waals surface area contributed by atoms with E-state index in [4.69, 9.17) is 0 Å².